The van der Waals surface area contributed by atoms with Crippen molar-refractivity contribution in [3.05, 3.63) is 28.6 Å². The van der Waals surface area contributed by atoms with E-state index in [1.54, 1.807) is 0 Å². The van der Waals surface area contributed by atoms with Crippen molar-refractivity contribution in [2.24, 2.45) is 0 Å². The van der Waals surface area contributed by atoms with Crippen molar-refractivity contribution in [1.82, 2.24) is 10.2 Å². The van der Waals surface area contributed by atoms with Gasteiger partial charge in [0.2, 0.25) is 0 Å². The quantitative estimate of drug-likeness (QED) is 0.771. The molecule has 0 aliphatic heterocycles. The molecule has 0 unspecified atom stereocenters. The Kier molecular flexibility index (Phi) is 1.88. The predicted octanol–water partition coefficient (Wildman–Crippen LogP) is 2.24. The molecule has 2 aromatic rings. The Labute approximate surface area is 81.3 Å². The van der Waals surface area contributed by atoms with Crippen LogP contribution in [0.5, 0.6) is 5.75 Å². The Bertz CT molecular complexity index is 475. The number of fused-ring (bicyclic) bond motifs is 1. The summed E-state index contributed by atoms with van der Waals surface area (Å²) in [5, 5.41) is 16.9. The van der Waals surface area contributed by atoms with E-state index in [0.29, 0.717) is 15.4 Å². The summed E-state index contributed by atoms with van der Waals surface area (Å²) in [7, 11) is 0. The van der Waals surface area contributed by atoms with Gasteiger partial charge in [-0.1, -0.05) is 0 Å². The van der Waals surface area contributed by atoms with Gasteiger partial charge >= 0.3 is 0 Å². The molecule has 1 aromatic heterocycles. The molecule has 0 aliphatic rings. The summed E-state index contributed by atoms with van der Waals surface area (Å²) in [6.07, 6.45) is 1.18. The van der Waals surface area contributed by atoms with Crippen LogP contribution in [0.2, 0.25) is 0 Å². The lowest BCUT2D eigenvalue weighted by Gasteiger charge is -1.99. The molecule has 5 heteroatoms. The number of nitrogens with zero attached hydrogens (tertiary/aromatic N) is 2. The third kappa shape index (κ3) is 1.35. The van der Waals surface area contributed by atoms with Gasteiger partial charge in [-0.15, -0.1) is 0 Å². The van der Waals surface area contributed by atoms with E-state index >= 15 is 0 Å². The Balaban J connectivity index is 2.89. The molecule has 0 bridgehead atoms. The van der Waals surface area contributed by atoms with Gasteiger partial charge in [0.05, 0.1) is 16.2 Å². The van der Waals surface area contributed by atoms with Gasteiger partial charge in [0.1, 0.15) is 11.6 Å². The zero-order valence-electron chi connectivity index (χ0n) is 6.33. The van der Waals surface area contributed by atoms with E-state index in [2.05, 4.69) is 26.1 Å². The first-order valence-corrected chi connectivity index (χ1v) is 4.27. The maximum atomic E-state index is 13.0. The van der Waals surface area contributed by atoms with Crippen molar-refractivity contribution in [2.45, 2.75) is 0 Å². The summed E-state index contributed by atoms with van der Waals surface area (Å²) in [6.45, 7) is 0. The average molecular weight is 243 g/mol. The Hall–Kier alpha value is -1.23. The second kappa shape index (κ2) is 2.92. The van der Waals surface area contributed by atoms with Crippen LogP contribution in [0.4, 0.5) is 4.39 Å². The SMILES string of the molecule is Oc1cnnc2cc(Br)c(F)cc12. The molecule has 66 valence electrons. The van der Waals surface area contributed by atoms with Gasteiger partial charge in [0.25, 0.3) is 0 Å². The van der Waals surface area contributed by atoms with Gasteiger partial charge in [-0.05, 0) is 28.1 Å². The number of rotatable bonds is 0. The second-order valence-corrected chi connectivity index (χ2v) is 3.37. The number of hydrogen-bond donors (Lipinski definition) is 1. The molecule has 0 amide bonds. The van der Waals surface area contributed by atoms with Crippen LogP contribution in [0.15, 0.2) is 22.8 Å². The first-order valence-electron chi connectivity index (χ1n) is 3.48. The summed E-state index contributed by atoms with van der Waals surface area (Å²) in [4.78, 5) is 0. The summed E-state index contributed by atoms with van der Waals surface area (Å²) < 4.78 is 13.3. The van der Waals surface area contributed by atoms with E-state index < -0.39 is 5.82 Å². The van der Waals surface area contributed by atoms with Gasteiger partial charge < -0.3 is 5.11 Å². The van der Waals surface area contributed by atoms with Crippen LogP contribution in [0.25, 0.3) is 10.9 Å². The second-order valence-electron chi connectivity index (χ2n) is 2.51. The molecule has 0 fully saturated rings. The molecule has 0 aliphatic carbocycles. The number of benzene rings is 1. The Morgan fingerprint density at radius 3 is 2.92 bits per heavy atom. The van der Waals surface area contributed by atoms with Crippen molar-refractivity contribution in [2.75, 3.05) is 0 Å². The highest BCUT2D eigenvalue weighted by Crippen LogP contribution is 2.26. The lowest BCUT2D eigenvalue weighted by Crippen LogP contribution is -1.86. The molecule has 0 saturated heterocycles. The van der Waals surface area contributed by atoms with Crippen LogP contribution in [-0.4, -0.2) is 15.3 Å². The van der Waals surface area contributed by atoms with E-state index in [-0.39, 0.29) is 5.75 Å². The first-order chi connectivity index (χ1) is 6.18. The lowest BCUT2D eigenvalue weighted by molar-refractivity contribution is 0.477. The standard InChI is InChI=1S/C8H4BrFN2O/c9-5-2-7-4(1-6(5)10)8(13)3-11-12-7/h1-3H,(H,12,13). The molecule has 1 N–H and O–H groups in total. The van der Waals surface area contributed by atoms with Crippen molar-refractivity contribution in [3.8, 4) is 5.75 Å². The largest absolute Gasteiger partial charge is 0.506 e. The summed E-state index contributed by atoms with van der Waals surface area (Å²) in [5.41, 5.74) is 0.452. The highest BCUT2D eigenvalue weighted by molar-refractivity contribution is 9.10. The van der Waals surface area contributed by atoms with Gasteiger partial charge in [0.15, 0.2) is 0 Å². The van der Waals surface area contributed by atoms with Crippen molar-refractivity contribution in [1.29, 1.82) is 0 Å². The third-order valence-corrected chi connectivity index (χ3v) is 2.27. The molecule has 0 atom stereocenters. The smallest absolute Gasteiger partial charge is 0.145 e. The van der Waals surface area contributed by atoms with Gasteiger partial charge in [-0.2, -0.15) is 10.2 Å². The normalized spacial score (nSPS) is 10.6. The lowest BCUT2D eigenvalue weighted by atomic mass is 10.2. The molecule has 0 saturated carbocycles. The van der Waals surface area contributed by atoms with Crippen molar-refractivity contribution >= 4 is 26.8 Å². The summed E-state index contributed by atoms with van der Waals surface area (Å²) in [6, 6.07) is 2.68. The van der Waals surface area contributed by atoms with E-state index in [9.17, 15) is 9.50 Å². The fourth-order valence-electron chi connectivity index (χ4n) is 1.04. The highest BCUT2D eigenvalue weighted by Gasteiger charge is 2.06. The van der Waals surface area contributed by atoms with E-state index in [0.717, 1.165) is 0 Å². The topological polar surface area (TPSA) is 46.0 Å². The number of halogens is 2. The fraction of sp³-hybridized carbons (Fsp3) is 0. The van der Waals surface area contributed by atoms with Gasteiger partial charge in [0, 0.05) is 5.39 Å². The van der Waals surface area contributed by atoms with E-state index in [1.165, 1.54) is 18.3 Å². The average Bonchev–Trinajstić information content (AvgIpc) is 2.09. The number of aromatic hydroxyl groups is 1. The minimum atomic E-state index is -0.434. The number of aromatic nitrogens is 2. The third-order valence-electron chi connectivity index (χ3n) is 1.66. The first kappa shape index (κ1) is 8.37. The maximum Gasteiger partial charge on any atom is 0.145 e. The molecule has 13 heavy (non-hydrogen) atoms. The fourth-order valence-corrected chi connectivity index (χ4v) is 1.37. The molecule has 0 radical (unpaired) electrons. The van der Waals surface area contributed by atoms with Gasteiger partial charge in [-0.25, -0.2) is 4.39 Å². The minimum absolute atomic E-state index is 0.0728. The van der Waals surface area contributed by atoms with Gasteiger partial charge in [-0.3, -0.25) is 0 Å². The van der Waals surface area contributed by atoms with Crippen molar-refractivity contribution in [3.63, 3.8) is 0 Å². The van der Waals surface area contributed by atoms with E-state index in [4.69, 9.17) is 0 Å². The Morgan fingerprint density at radius 2 is 2.15 bits per heavy atom. The van der Waals surface area contributed by atoms with Crippen LogP contribution in [0.1, 0.15) is 0 Å². The number of hydrogen-bond acceptors (Lipinski definition) is 3. The molecule has 1 heterocycles. The highest BCUT2D eigenvalue weighted by atomic mass is 79.9. The summed E-state index contributed by atoms with van der Waals surface area (Å²) >= 11 is 3.02. The molecule has 1 aromatic carbocycles. The van der Waals surface area contributed by atoms with Crippen LogP contribution in [0, 0.1) is 5.82 Å². The molecule has 2 rings (SSSR count). The van der Waals surface area contributed by atoms with Crippen LogP contribution >= 0.6 is 15.9 Å². The molecule has 0 spiro atoms. The maximum absolute atomic E-state index is 13.0. The molecular weight excluding hydrogens is 239 g/mol. The zero-order chi connectivity index (χ0) is 9.42. The zero-order valence-corrected chi connectivity index (χ0v) is 7.92. The summed E-state index contributed by atoms with van der Waals surface area (Å²) in [5.74, 6) is -0.507. The van der Waals surface area contributed by atoms with E-state index in [1.807, 2.05) is 0 Å². The van der Waals surface area contributed by atoms with Crippen LogP contribution in [0.3, 0.4) is 0 Å². The molecular formula is C8H4BrFN2O. The predicted molar refractivity (Wildman–Crippen MR) is 48.9 cm³/mol. The van der Waals surface area contributed by atoms with Crippen LogP contribution in [-0.2, 0) is 0 Å². The van der Waals surface area contributed by atoms with Crippen LogP contribution < -0.4 is 0 Å². The molecule has 3 nitrogen and oxygen atoms in total. The van der Waals surface area contributed by atoms with Crippen molar-refractivity contribution < 1.29 is 9.50 Å². The Morgan fingerprint density at radius 1 is 1.38 bits per heavy atom. The monoisotopic (exact) mass is 242 g/mol. The minimum Gasteiger partial charge on any atom is -0.506 e.